The number of Topliss-reactive ketones (excluding diaryl/α,β-unsaturated/α-hetero) is 1. The van der Waals surface area contributed by atoms with Gasteiger partial charge in [-0.05, 0) is 54.6 Å². The number of thioether (sulfide) groups is 1. The van der Waals surface area contributed by atoms with E-state index in [0.29, 0.717) is 9.92 Å². The number of ether oxygens (including phenoxy) is 2. The Morgan fingerprint density at radius 3 is 2.28 bits per heavy atom. The molecule has 0 saturated heterocycles. The summed E-state index contributed by atoms with van der Waals surface area (Å²) in [7, 11) is 0. The Kier molecular flexibility index (Phi) is 9.25. The van der Waals surface area contributed by atoms with Crippen molar-refractivity contribution in [1.29, 1.82) is 0 Å². The molecule has 3 rings (SSSR count). The van der Waals surface area contributed by atoms with Crippen LogP contribution in [0.4, 0.5) is 18.9 Å². The smallest absolute Gasteiger partial charge is 0.454 e. The Bertz CT molecular complexity index is 1270. The lowest BCUT2D eigenvalue weighted by atomic mass is 10.1. The molecule has 0 aromatic heterocycles. The summed E-state index contributed by atoms with van der Waals surface area (Å²) in [4.78, 5) is 37.6. The first-order chi connectivity index (χ1) is 17.0. The molecule has 0 bridgehead atoms. The van der Waals surface area contributed by atoms with Crippen LogP contribution in [0.3, 0.4) is 0 Å². The van der Waals surface area contributed by atoms with Gasteiger partial charge < -0.3 is 14.8 Å². The predicted molar refractivity (Wildman–Crippen MR) is 130 cm³/mol. The summed E-state index contributed by atoms with van der Waals surface area (Å²) in [5.74, 6) is -2.26. The number of amides is 1. The average Bonchev–Trinajstić information content (AvgIpc) is 2.81. The number of alkyl halides is 3. The lowest BCUT2D eigenvalue weighted by Gasteiger charge is -2.11. The van der Waals surface area contributed by atoms with Gasteiger partial charge in [0.25, 0.3) is 0 Å². The minimum atomic E-state index is -4.81. The molecule has 3 aromatic rings. The van der Waals surface area contributed by atoms with Crippen molar-refractivity contribution in [3.63, 3.8) is 0 Å². The summed E-state index contributed by atoms with van der Waals surface area (Å²) in [6.07, 6.45) is -4.81. The van der Waals surface area contributed by atoms with Crippen molar-refractivity contribution in [3.8, 4) is 5.75 Å². The lowest BCUT2D eigenvalue weighted by Crippen LogP contribution is -2.17. The largest absolute Gasteiger partial charge is 0.573 e. The van der Waals surface area contributed by atoms with Crippen molar-refractivity contribution in [2.24, 2.45) is 0 Å². The molecule has 1 N–H and O–H groups in total. The maximum absolute atomic E-state index is 12.6. The number of benzene rings is 3. The number of carbonyl (C=O) groups is 3. The maximum Gasteiger partial charge on any atom is 0.573 e. The second-order valence-corrected chi connectivity index (χ2v) is 8.89. The highest BCUT2D eigenvalue weighted by molar-refractivity contribution is 8.00. The molecule has 1 amide bonds. The molecule has 12 heteroatoms. The molecule has 0 saturated carbocycles. The Morgan fingerprint density at radius 2 is 1.61 bits per heavy atom. The Balaban J connectivity index is 1.55. The van der Waals surface area contributed by atoms with Crippen LogP contribution in [0.15, 0.2) is 71.6 Å². The second kappa shape index (κ2) is 12.2. The summed E-state index contributed by atoms with van der Waals surface area (Å²) >= 11 is 12.9. The van der Waals surface area contributed by atoms with E-state index in [-0.39, 0.29) is 27.6 Å². The molecule has 0 atom stereocenters. The van der Waals surface area contributed by atoms with E-state index < -0.39 is 36.4 Å². The van der Waals surface area contributed by atoms with Gasteiger partial charge in [0.05, 0.1) is 16.3 Å². The van der Waals surface area contributed by atoms with E-state index in [1.807, 2.05) is 0 Å². The summed E-state index contributed by atoms with van der Waals surface area (Å²) < 4.78 is 45.6. The SMILES string of the molecule is O=C(CSc1ccccc1C(=O)OCC(=O)c1ccc(Cl)cc1Cl)Nc1ccc(OC(F)(F)F)cc1. The van der Waals surface area contributed by atoms with Crippen LogP contribution in [-0.4, -0.2) is 36.4 Å². The molecule has 0 aliphatic carbocycles. The summed E-state index contributed by atoms with van der Waals surface area (Å²) in [5.41, 5.74) is 0.576. The molecular formula is C24H16Cl2F3NO5S. The van der Waals surface area contributed by atoms with E-state index in [9.17, 15) is 27.6 Å². The third-order valence-corrected chi connectivity index (χ3v) is 6.02. The number of halogens is 5. The number of rotatable bonds is 9. The van der Waals surface area contributed by atoms with Crippen molar-refractivity contribution in [1.82, 2.24) is 0 Å². The van der Waals surface area contributed by atoms with Crippen LogP contribution in [0, 0.1) is 0 Å². The van der Waals surface area contributed by atoms with Crippen LogP contribution in [0.5, 0.6) is 5.75 Å². The third kappa shape index (κ3) is 8.18. The Labute approximate surface area is 217 Å². The van der Waals surface area contributed by atoms with Gasteiger partial charge >= 0.3 is 12.3 Å². The lowest BCUT2D eigenvalue weighted by molar-refractivity contribution is -0.274. The van der Waals surface area contributed by atoms with E-state index in [2.05, 4.69) is 10.1 Å². The van der Waals surface area contributed by atoms with Gasteiger partial charge in [0.15, 0.2) is 6.61 Å². The fourth-order valence-corrected chi connectivity index (χ4v) is 4.20. The zero-order chi connectivity index (χ0) is 26.3. The average molecular weight is 558 g/mol. The molecule has 0 spiro atoms. The highest BCUT2D eigenvalue weighted by Crippen LogP contribution is 2.26. The number of esters is 1. The van der Waals surface area contributed by atoms with Crippen LogP contribution in [0.25, 0.3) is 0 Å². The minimum absolute atomic E-state index is 0.107. The normalized spacial score (nSPS) is 11.0. The summed E-state index contributed by atoms with van der Waals surface area (Å²) in [6.45, 7) is -0.548. The van der Waals surface area contributed by atoms with Crippen LogP contribution in [0.2, 0.25) is 10.0 Å². The van der Waals surface area contributed by atoms with Gasteiger partial charge in [-0.1, -0.05) is 35.3 Å². The van der Waals surface area contributed by atoms with E-state index >= 15 is 0 Å². The van der Waals surface area contributed by atoms with Gasteiger partial charge in [0.1, 0.15) is 5.75 Å². The molecule has 3 aromatic carbocycles. The first-order valence-electron chi connectivity index (χ1n) is 10.0. The van der Waals surface area contributed by atoms with Crippen molar-refractivity contribution in [2.75, 3.05) is 17.7 Å². The number of carbonyl (C=O) groups excluding carboxylic acids is 3. The number of hydrogen-bond donors (Lipinski definition) is 1. The fourth-order valence-electron chi connectivity index (χ4n) is 2.84. The van der Waals surface area contributed by atoms with Crippen LogP contribution >= 0.6 is 35.0 Å². The number of hydrogen-bond acceptors (Lipinski definition) is 6. The topological polar surface area (TPSA) is 81.7 Å². The standard InChI is InChI=1S/C24H16Cl2F3NO5S/c25-14-5-10-17(19(26)11-14)20(31)12-34-23(33)18-3-1-2-4-21(18)36-13-22(32)30-15-6-8-16(9-7-15)35-24(27,28)29/h1-11H,12-13H2,(H,30,32). The van der Waals surface area contributed by atoms with Gasteiger partial charge in [0, 0.05) is 21.2 Å². The second-order valence-electron chi connectivity index (χ2n) is 7.03. The molecule has 188 valence electrons. The molecule has 0 heterocycles. The van der Waals surface area contributed by atoms with E-state index in [1.165, 1.54) is 36.4 Å². The van der Waals surface area contributed by atoms with Crippen molar-refractivity contribution in [3.05, 3.63) is 87.9 Å². The van der Waals surface area contributed by atoms with Crippen LogP contribution < -0.4 is 10.1 Å². The molecular weight excluding hydrogens is 542 g/mol. The van der Waals surface area contributed by atoms with E-state index in [4.69, 9.17) is 27.9 Å². The van der Waals surface area contributed by atoms with Crippen molar-refractivity contribution in [2.45, 2.75) is 11.3 Å². The van der Waals surface area contributed by atoms with Crippen LogP contribution in [0.1, 0.15) is 20.7 Å². The Morgan fingerprint density at radius 1 is 0.917 bits per heavy atom. The van der Waals surface area contributed by atoms with Gasteiger partial charge in [-0.2, -0.15) is 0 Å². The van der Waals surface area contributed by atoms with E-state index in [1.54, 1.807) is 18.2 Å². The number of anilines is 1. The zero-order valence-corrected chi connectivity index (χ0v) is 20.4. The van der Waals surface area contributed by atoms with Gasteiger partial charge in [-0.15, -0.1) is 24.9 Å². The minimum Gasteiger partial charge on any atom is -0.454 e. The quantitative estimate of drug-likeness (QED) is 0.180. The highest BCUT2D eigenvalue weighted by Gasteiger charge is 2.31. The molecule has 0 unspecified atom stereocenters. The zero-order valence-electron chi connectivity index (χ0n) is 18.1. The Hall–Kier alpha value is -3.21. The van der Waals surface area contributed by atoms with Gasteiger partial charge in [-0.25, -0.2) is 4.79 Å². The fraction of sp³-hybridized carbons (Fsp3) is 0.125. The van der Waals surface area contributed by atoms with Crippen molar-refractivity contribution >= 4 is 58.3 Å². The third-order valence-electron chi connectivity index (χ3n) is 4.40. The molecule has 36 heavy (non-hydrogen) atoms. The first-order valence-corrected chi connectivity index (χ1v) is 11.8. The first kappa shape index (κ1) is 27.4. The van der Waals surface area contributed by atoms with Gasteiger partial charge in [-0.3, -0.25) is 9.59 Å². The van der Waals surface area contributed by atoms with Crippen LogP contribution in [-0.2, 0) is 9.53 Å². The molecule has 6 nitrogen and oxygen atoms in total. The number of ketones is 1. The molecule has 0 aliphatic rings. The van der Waals surface area contributed by atoms with E-state index in [0.717, 1.165) is 23.9 Å². The number of nitrogens with one attached hydrogen (secondary N) is 1. The predicted octanol–water partition coefficient (Wildman–Crippen LogP) is 6.66. The van der Waals surface area contributed by atoms with Gasteiger partial charge in [0.2, 0.25) is 11.7 Å². The van der Waals surface area contributed by atoms with Crippen molar-refractivity contribution < 1.29 is 37.0 Å². The highest BCUT2D eigenvalue weighted by atomic mass is 35.5. The molecule has 0 fully saturated rings. The molecule has 0 radical (unpaired) electrons. The summed E-state index contributed by atoms with van der Waals surface area (Å²) in [5, 5.41) is 3.03. The maximum atomic E-state index is 12.6. The monoisotopic (exact) mass is 557 g/mol. The summed E-state index contributed by atoms with van der Waals surface area (Å²) in [6, 6.07) is 15.3. The molecule has 0 aliphatic heterocycles.